The molecule has 0 aromatic rings. The first-order valence-corrected chi connectivity index (χ1v) is 13.2. The van der Waals surface area contributed by atoms with Crippen LogP contribution in [0.15, 0.2) is 23.8 Å². The minimum Gasteiger partial charge on any atom is -0.391 e. The molecular formula is C23H31ClO7S. The molecule has 0 saturated heterocycles. The van der Waals surface area contributed by atoms with E-state index >= 15 is 0 Å². The van der Waals surface area contributed by atoms with Crippen molar-refractivity contribution in [3.8, 4) is 0 Å². The second-order valence-corrected chi connectivity index (χ2v) is 12.8. The Hall–Kier alpha value is -1.06. The average molecular weight is 487 g/mol. The summed E-state index contributed by atoms with van der Waals surface area (Å²) in [5.74, 6) is -1.63. The lowest BCUT2D eigenvalue weighted by Gasteiger charge is -2.63. The number of carbonyl (C=O) groups is 2. The number of ketones is 2. The fraction of sp³-hybridized carbons (Fsp3) is 0.739. The van der Waals surface area contributed by atoms with Crippen molar-refractivity contribution in [2.75, 3.05) is 12.9 Å². The summed E-state index contributed by atoms with van der Waals surface area (Å²) in [7, 11) is -3.85. The number of halogens is 1. The fourth-order valence-electron chi connectivity index (χ4n) is 7.41. The molecule has 4 aliphatic rings. The van der Waals surface area contributed by atoms with E-state index in [0.717, 1.165) is 11.8 Å². The van der Waals surface area contributed by atoms with Gasteiger partial charge < -0.3 is 10.2 Å². The second-order valence-electron chi connectivity index (χ2n) is 10.6. The van der Waals surface area contributed by atoms with Crippen molar-refractivity contribution in [3.63, 3.8) is 0 Å². The van der Waals surface area contributed by atoms with Crippen LogP contribution >= 0.6 is 11.6 Å². The van der Waals surface area contributed by atoms with Gasteiger partial charge in [-0.05, 0) is 55.6 Å². The van der Waals surface area contributed by atoms with Gasteiger partial charge in [0.2, 0.25) is 0 Å². The Morgan fingerprint density at radius 3 is 2.59 bits per heavy atom. The third-order valence-corrected chi connectivity index (χ3v) is 10.5. The molecule has 7 nitrogen and oxygen atoms in total. The van der Waals surface area contributed by atoms with Crippen LogP contribution in [0.5, 0.6) is 0 Å². The predicted octanol–water partition coefficient (Wildman–Crippen LogP) is 2.15. The van der Waals surface area contributed by atoms with Gasteiger partial charge in [-0.1, -0.05) is 32.4 Å². The first-order valence-electron chi connectivity index (χ1n) is 11.0. The van der Waals surface area contributed by atoms with E-state index in [4.69, 9.17) is 15.8 Å². The Balaban J connectivity index is 1.75. The number of alkyl halides is 1. The first kappa shape index (κ1) is 24.1. The van der Waals surface area contributed by atoms with Crippen molar-refractivity contribution in [1.29, 1.82) is 0 Å². The van der Waals surface area contributed by atoms with Crippen molar-refractivity contribution in [3.05, 3.63) is 23.8 Å². The maximum Gasteiger partial charge on any atom is 0.264 e. The van der Waals surface area contributed by atoms with Crippen LogP contribution in [0.4, 0.5) is 0 Å². The van der Waals surface area contributed by atoms with Gasteiger partial charge in [-0.3, -0.25) is 13.8 Å². The van der Waals surface area contributed by atoms with E-state index in [1.54, 1.807) is 26.0 Å². The van der Waals surface area contributed by atoms with E-state index in [1.807, 2.05) is 6.92 Å². The number of allylic oxidation sites excluding steroid dienone is 4. The molecule has 8 atom stereocenters. The number of aliphatic hydroxyl groups excluding tert-OH is 1. The molecule has 0 aliphatic heterocycles. The summed E-state index contributed by atoms with van der Waals surface area (Å²) in [5.41, 5.74) is -2.67. The summed E-state index contributed by atoms with van der Waals surface area (Å²) in [6.07, 6.45) is 6.57. The molecule has 0 amide bonds. The predicted molar refractivity (Wildman–Crippen MR) is 118 cm³/mol. The molecule has 0 spiro atoms. The average Bonchev–Trinajstić information content (AvgIpc) is 2.89. The minimum atomic E-state index is -3.85. The Labute approximate surface area is 194 Å². The molecule has 4 unspecified atom stereocenters. The Morgan fingerprint density at radius 1 is 1.31 bits per heavy atom. The number of hydrogen-bond acceptors (Lipinski definition) is 7. The molecule has 0 aromatic carbocycles. The van der Waals surface area contributed by atoms with Gasteiger partial charge in [0, 0.05) is 10.8 Å². The molecule has 178 valence electrons. The lowest BCUT2D eigenvalue weighted by molar-refractivity contribution is -0.178. The van der Waals surface area contributed by atoms with Crippen molar-refractivity contribution in [2.24, 2.45) is 28.6 Å². The standard InChI is InChI=1S/C23H31ClO7S/c1-13-9-17-16-6-5-14-10-15(25)7-8-20(14,2)22(16,24)18(26)11-21(17,3)23(13,28)19(27)12-31-32(4,29)30/h7-8,10,13,16-18,26,28H,5-6,9,11-12H2,1-4H3/t13-,16?,17?,18+,20?,21?,22+,23+/m1/s1. The largest absolute Gasteiger partial charge is 0.391 e. The maximum absolute atomic E-state index is 13.1. The van der Waals surface area contributed by atoms with Crippen LogP contribution in [0.3, 0.4) is 0 Å². The zero-order valence-electron chi connectivity index (χ0n) is 18.8. The zero-order chi connectivity index (χ0) is 23.9. The highest BCUT2D eigenvalue weighted by atomic mass is 35.5. The molecule has 4 aliphatic carbocycles. The maximum atomic E-state index is 13.1. The van der Waals surface area contributed by atoms with Crippen LogP contribution in [0, 0.1) is 28.6 Å². The third kappa shape index (κ3) is 2.99. The van der Waals surface area contributed by atoms with Crippen LogP contribution < -0.4 is 0 Å². The van der Waals surface area contributed by atoms with E-state index in [9.17, 15) is 28.2 Å². The normalized spacial score (nSPS) is 48.0. The quantitative estimate of drug-likeness (QED) is 0.461. The van der Waals surface area contributed by atoms with Gasteiger partial charge in [0.25, 0.3) is 10.1 Å². The Morgan fingerprint density at radius 2 is 1.97 bits per heavy atom. The summed E-state index contributed by atoms with van der Waals surface area (Å²) in [5, 5.41) is 23.2. The van der Waals surface area contributed by atoms with Crippen molar-refractivity contribution >= 4 is 33.3 Å². The molecule has 4 rings (SSSR count). The summed E-state index contributed by atoms with van der Waals surface area (Å²) >= 11 is 7.34. The molecule has 3 saturated carbocycles. The van der Waals surface area contributed by atoms with Crippen LogP contribution in [-0.2, 0) is 23.9 Å². The number of hydrogen-bond donors (Lipinski definition) is 2. The van der Waals surface area contributed by atoms with Gasteiger partial charge in [-0.15, -0.1) is 11.6 Å². The Kier molecular flexibility index (Phi) is 5.43. The van der Waals surface area contributed by atoms with Crippen LogP contribution in [0.25, 0.3) is 0 Å². The lowest BCUT2D eigenvalue weighted by Crippen LogP contribution is -2.69. The van der Waals surface area contributed by atoms with Crippen LogP contribution in [-0.4, -0.2) is 59.6 Å². The Bertz CT molecular complexity index is 1030. The summed E-state index contributed by atoms with van der Waals surface area (Å²) in [4.78, 5) is 24.0. The summed E-state index contributed by atoms with van der Waals surface area (Å²) in [6, 6.07) is 0. The van der Waals surface area contributed by atoms with Crippen molar-refractivity contribution in [2.45, 2.75) is 63.0 Å². The van der Waals surface area contributed by atoms with E-state index < -0.39 is 55.8 Å². The number of Topliss-reactive ketones (excluding diaryl/α,β-unsaturated/α-hetero) is 1. The number of rotatable bonds is 4. The third-order valence-electron chi connectivity index (χ3n) is 9.05. The topological polar surface area (TPSA) is 118 Å². The van der Waals surface area contributed by atoms with Crippen LogP contribution in [0.2, 0.25) is 0 Å². The number of carbonyl (C=O) groups excluding carboxylic acids is 2. The molecule has 0 aromatic heterocycles. The van der Waals surface area contributed by atoms with Gasteiger partial charge >= 0.3 is 0 Å². The molecule has 9 heteroatoms. The van der Waals surface area contributed by atoms with Gasteiger partial charge in [-0.2, -0.15) is 8.42 Å². The summed E-state index contributed by atoms with van der Waals surface area (Å²) in [6.45, 7) is 4.78. The lowest BCUT2D eigenvalue weighted by atomic mass is 9.45. The van der Waals surface area contributed by atoms with Crippen LogP contribution in [0.1, 0.15) is 46.5 Å². The highest BCUT2D eigenvalue weighted by Crippen LogP contribution is 2.71. The van der Waals surface area contributed by atoms with Crippen molar-refractivity contribution in [1.82, 2.24) is 0 Å². The van der Waals surface area contributed by atoms with E-state index in [1.165, 1.54) is 6.08 Å². The zero-order valence-corrected chi connectivity index (χ0v) is 20.4. The molecule has 0 radical (unpaired) electrons. The fourth-order valence-corrected chi connectivity index (χ4v) is 8.25. The van der Waals surface area contributed by atoms with Gasteiger partial charge in [0.15, 0.2) is 11.6 Å². The SMILES string of the molecule is C[C@@H]1CC2C3CCC4=CC(=O)C=CC4(C)[C@@]3(Cl)[C@@H](O)CC2(C)[C@@]1(O)C(=O)COS(C)(=O)=O. The number of aliphatic hydroxyl groups is 2. The van der Waals surface area contributed by atoms with Gasteiger partial charge in [0.1, 0.15) is 12.2 Å². The molecular weight excluding hydrogens is 456 g/mol. The van der Waals surface area contributed by atoms with Gasteiger partial charge in [-0.25, -0.2) is 0 Å². The molecule has 3 fully saturated rings. The van der Waals surface area contributed by atoms with Gasteiger partial charge in [0.05, 0.1) is 17.2 Å². The van der Waals surface area contributed by atoms with E-state index in [2.05, 4.69) is 0 Å². The molecule has 2 N–H and O–H groups in total. The van der Waals surface area contributed by atoms with E-state index in [-0.39, 0.29) is 24.0 Å². The van der Waals surface area contributed by atoms with Crippen molar-refractivity contribution < 1.29 is 32.4 Å². The first-order chi connectivity index (χ1) is 14.6. The number of fused-ring (bicyclic) bond motifs is 5. The monoisotopic (exact) mass is 486 g/mol. The second kappa shape index (κ2) is 7.22. The molecule has 0 heterocycles. The highest BCUT2D eigenvalue weighted by Gasteiger charge is 2.74. The van der Waals surface area contributed by atoms with E-state index in [0.29, 0.717) is 19.3 Å². The highest BCUT2D eigenvalue weighted by molar-refractivity contribution is 7.86. The molecule has 32 heavy (non-hydrogen) atoms. The minimum absolute atomic E-state index is 0.0772. The smallest absolute Gasteiger partial charge is 0.264 e. The summed E-state index contributed by atoms with van der Waals surface area (Å²) < 4.78 is 27.6. The molecule has 0 bridgehead atoms.